The van der Waals surface area contributed by atoms with E-state index in [0.717, 1.165) is 51.4 Å². The molecule has 0 heterocycles. The van der Waals surface area contributed by atoms with Crippen LogP contribution in [0.25, 0.3) is 0 Å². The minimum Gasteiger partial charge on any atom is -0.394 e. The van der Waals surface area contributed by atoms with Crippen molar-refractivity contribution in [2.24, 2.45) is 0 Å². The molecule has 0 saturated heterocycles. The first-order valence-corrected chi connectivity index (χ1v) is 20.0. The molecular formula is C42H77NO4. The van der Waals surface area contributed by atoms with Gasteiger partial charge in [-0.1, -0.05) is 165 Å². The first-order valence-electron chi connectivity index (χ1n) is 20.0. The van der Waals surface area contributed by atoms with E-state index >= 15 is 0 Å². The molecule has 5 nitrogen and oxygen atoms in total. The summed E-state index contributed by atoms with van der Waals surface area (Å²) in [5.74, 6) is -0.525. The Bertz CT molecular complexity index is 775. The lowest BCUT2D eigenvalue weighted by Gasteiger charge is -2.21. The number of allylic oxidation sites excluding steroid dienone is 7. The fraction of sp³-hybridized carbons (Fsp3) is 0.786. The van der Waals surface area contributed by atoms with Crippen LogP contribution in [0.4, 0.5) is 0 Å². The second-order valence-electron chi connectivity index (χ2n) is 13.5. The zero-order valence-corrected chi connectivity index (χ0v) is 30.9. The highest BCUT2D eigenvalue weighted by molar-refractivity contribution is 5.80. The Hall–Kier alpha value is -1.69. The van der Waals surface area contributed by atoms with Crippen molar-refractivity contribution in [3.8, 4) is 0 Å². The number of unbranched alkanes of at least 4 members (excludes halogenated alkanes) is 21. The van der Waals surface area contributed by atoms with Gasteiger partial charge in [0.25, 0.3) is 0 Å². The lowest BCUT2D eigenvalue weighted by molar-refractivity contribution is -0.131. The molecule has 0 aliphatic rings. The standard InChI is InChI=1S/C42H77NO4/c1-3-5-7-9-11-13-15-17-18-19-20-21-22-23-25-27-29-31-33-35-37-41(46)42(47)43-39(38-44)40(45)36-34-32-30-28-26-24-16-14-12-10-8-6-4-2/h12,14,21-22,26,28,34,36,39-41,44-46H,3-11,13,15-20,23-25,27,29-33,35,37-38H2,1-2H3,(H,43,47)/b14-12+,22-21-,28-26+,36-34+. The molecule has 0 aliphatic heterocycles. The number of carbonyl (C=O) groups excluding carboxylic acids is 1. The molecule has 0 bridgehead atoms. The number of rotatable bonds is 35. The minimum atomic E-state index is -1.11. The van der Waals surface area contributed by atoms with E-state index in [0.29, 0.717) is 6.42 Å². The van der Waals surface area contributed by atoms with Gasteiger partial charge in [0.1, 0.15) is 6.10 Å². The summed E-state index contributed by atoms with van der Waals surface area (Å²) in [5, 5.41) is 33.0. The summed E-state index contributed by atoms with van der Waals surface area (Å²) in [6, 6.07) is -0.822. The lowest BCUT2D eigenvalue weighted by atomic mass is 10.0. The minimum absolute atomic E-state index is 0.385. The zero-order valence-electron chi connectivity index (χ0n) is 30.9. The fourth-order valence-electron chi connectivity index (χ4n) is 5.68. The molecule has 4 N–H and O–H groups in total. The van der Waals surface area contributed by atoms with E-state index < -0.39 is 24.2 Å². The van der Waals surface area contributed by atoms with E-state index in [1.165, 1.54) is 116 Å². The lowest BCUT2D eigenvalue weighted by Crippen LogP contribution is -2.48. The van der Waals surface area contributed by atoms with Gasteiger partial charge in [0.2, 0.25) is 5.91 Å². The van der Waals surface area contributed by atoms with Gasteiger partial charge in [-0.3, -0.25) is 4.79 Å². The third-order valence-electron chi connectivity index (χ3n) is 8.87. The van der Waals surface area contributed by atoms with Crippen LogP contribution in [0.15, 0.2) is 48.6 Å². The van der Waals surface area contributed by atoms with Crippen molar-refractivity contribution in [1.82, 2.24) is 5.32 Å². The van der Waals surface area contributed by atoms with E-state index in [1.807, 2.05) is 6.08 Å². The Morgan fingerprint density at radius 1 is 0.511 bits per heavy atom. The van der Waals surface area contributed by atoms with Gasteiger partial charge in [-0.15, -0.1) is 0 Å². The molecule has 3 unspecified atom stereocenters. The van der Waals surface area contributed by atoms with Crippen LogP contribution in [0.3, 0.4) is 0 Å². The van der Waals surface area contributed by atoms with Crippen LogP contribution in [-0.4, -0.2) is 46.1 Å². The number of hydrogen-bond acceptors (Lipinski definition) is 4. The summed E-state index contributed by atoms with van der Waals surface area (Å²) in [5.41, 5.74) is 0. The molecule has 274 valence electrons. The second kappa shape index (κ2) is 37.1. The van der Waals surface area contributed by atoms with Gasteiger partial charge in [0, 0.05) is 0 Å². The number of amides is 1. The largest absolute Gasteiger partial charge is 0.394 e. The molecular weight excluding hydrogens is 582 g/mol. The van der Waals surface area contributed by atoms with Crippen LogP contribution in [-0.2, 0) is 4.79 Å². The van der Waals surface area contributed by atoms with Gasteiger partial charge in [-0.25, -0.2) is 0 Å². The highest BCUT2D eigenvalue weighted by atomic mass is 16.3. The third kappa shape index (κ3) is 32.6. The number of aliphatic hydroxyl groups excluding tert-OH is 3. The smallest absolute Gasteiger partial charge is 0.249 e. The maximum absolute atomic E-state index is 12.4. The number of carbonyl (C=O) groups is 1. The van der Waals surface area contributed by atoms with Gasteiger partial charge in [0.15, 0.2) is 0 Å². The molecule has 0 saturated carbocycles. The predicted octanol–water partition coefficient (Wildman–Crippen LogP) is 11.0. The van der Waals surface area contributed by atoms with Crippen LogP contribution in [0.2, 0.25) is 0 Å². The van der Waals surface area contributed by atoms with Crippen LogP contribution >= 0.6 is 0 Å². The number of hydrogen-bond donors (Lipinski definition) is 4. The summed E-state index contributed by atoms with van der Waals surface area (Å²) in [7, 11) is 0. The van der Waals surface area contributed by atoms with E-state index in [-0.39, 0.29) is 6.61 Å². The predicted molar refractivity (Wildman–Crippen MR) is 204 cm³/mol. The molecule has 3 atom stereocenters. The van der Waals surface area contributed by atoms with Crippen LogP contribution in [0, 0.1) is 0 Å². The third-order valence-corrected chi connectivity index (χ3v) is 8.87. The Labute approximate surface area is 291 Å². The molecule has 0 radical (unpaired) electrons. The maximum atomic E-state index is 12.4. The van der Waals surface area contributed by atoms with Gasteiger partial charge in [0.05, 0.1) is 18.8 Å². The molecule has 0 fully saturated rings. The summed E-state index contributed by atoms with van der Waals surface area (Å²) in [6.07, 6.45) is 47.0. The summed E-state index contributed by atoms with van der Waals surface area (Å²) in [6.45, 7) is 4.12. The second-order valence-corrected chi connectivity index (χ2v) is 13.5. The Morgan fingerprint density at radius 2 is 0.872 bits per heavy atom. The number of nitrogens with one attached hydrogen (secondary N) is 1. The van der Waals surface area contributed by atoms with E-state index in [2.05, 4.69) is 55.6 Å². The summed E-state index contributed by atoms with van der Waals surface area (Å²) < 4.78 is 0. The number of aliphatic hydroxyl groups is 3. The first-order chi connectivity index (χ1) is 23.1. The molecule has 47 heavy (non-hydrogen) atoms. The Morgan fingerprint density at radius 3 is 1.34 bits per heavy atom. The van der Waals surface area contributed by atoms with Crippen LogP contribution < -0.4 is 5.32 Å². The monoisotopic (exact) mass is 660 g/mol. The van der Waals surface area contributed by atoms with Gasteiger partial charge in [-0.05, 0) is 70.6 Å². The van der Waals surface area contributed by atoms with Crippen LogP contribution in [0.1, 0.15) is 187 Å². The summed E-state index contributed by atoms with van der Waals surface area (Å²) >= 11 is 0. The molecule has 0 spiro atoms. The van der Waals surface area contributed by atoms with Gasteiger partial charge < -0.3 is 20.6 Å². The molecule has 0 aliphatic carbocycles. The molecule has 0 aromatic rings. The Kier molecular flexibility index (Phi) is 35.8. The molecule has 1 amide bonds. The normalized spacial score (nSPS) is 14.2. The van der Waals surface area contributed by atoms with Gasteiger partial charge in [-0.2, -0.15) is 0 Å². The molecule has 5 heteroatoms. The fourth-order valence-corrected chi connectivity index (χ4v) is 5.68. The summed E-state index contributed by atoms with van der Waals surface area (Å²) in [4.78, 5) is 12.4. The first kappa shape index (κ1) is 45.3. The van der Waals surface area contributed by atoms with E-state index in [1.54, 1.807) is 6.08 Å². The quantitative estimate of drug-likeness (QED) is 0.0402. The van der Waals surface area contributed by atoms with E-state index in [9.17, 15) is 20.1 Å². The molecule has 0 aromatic heterocycles. The van der Waals surface area contributed by atoms with Crippen molar-refractivity contribution >= 4 is 5.91 Å². The van der Waals surface area contributed by atoms with Crippen molar-refractivity contribution in [2.45, 2.75) is 205 Å². The highest BCUT2D eigenvalue weighted by Gasteiger charge is 2.22. The van der Waals surface area contributed by atoms with Crippen molar-refractivity contribution in [2.75, 3.05) is 6.61 Å². The SMILES string of the molecule is CCCCC/C=C/CC/C=C/CC/C=C/C(O)C(CO)NC(=O)C(O)CCCCCCCC/C=C\CCCCCCCCCCCC. The van der Waals surface area contributed by atoms with Crippen molar-refractivity contribution in [1.29, 1.82) is 0 Å². The average molecular weight is 660 g/mol. The highest BCUT2D eigenvalue weighted by Crippen LogP contribution is 2.13. The average Bonchev–Trinajstić information content (AvgIpc) is 3.07. The van der Waals surface area contributed by atoms with Crippen molar-refractivity contribution in [3.05, 3.63) is 48.6 Å². The van der Waals surface area contributed by atoms with Gasteiger partial charge >= 0.3 is 0 Å². The van der Waals surface area contributed by atoms with Crippen LogP contribution in [0.5, 0.6) is 0 Å². The molecule has 0 rings (SSSR count). The molecule has 0 aromatic carbocycles. The topological polar surface area (TPSA) is 89.8 Å². The van der Waals surface area contributed by atoms with Crippen molar-refractivity contribution < 1.29 is 20.1 Å². The van der Waals surface area contributed by atoms with E-state index in [4.69, 9.17) is 0 Å². The maximum Gasteiger partial charge on any atom is 0.249 e. The zero-order chi connectivity index (χ0) is 34.5. The Balaban J connectivity index is 3.76. The van der Waals surface area contributed by atoms with Crippen molar-refractivity contribution in [3.63, 3.8) is 0 Å².